The van der Waals surface area contributed by atoms with Crippen molar-refractivity contribution in [2.24, 2.45) is 0 Å². The fraction of sp³-hybridized carbons (Fsp3) is 0. The number of nitrogens with zero attached hydrogens (tertiary/aromatic N) is 1. The maximum atomic E-state index is 13.0. The number of phenols is 1. The molecule has 78 valence electrons. The van der Waals surface area contributed by atoms with Crippen LogP contribution < -0.4 is 0 Å². The topological polar surface area (TPSA) is 44.0 Å². The zero-order chi connectivity index (χ0) is 11.5. The Morgan fingerprint density at radius 2 is 1.94 bits per heavy atom. The first-order valence-electron chi connectivity index (χ1n) is 4.70. The smallest absolute Gasteiger partial charge is 0.123 e. The minimum Gasteiger partial charge on any atom is -0.507 e. The monoisotopic (exact) mass is 213 g/mol. The number of halogens is 1. The molecule has 0 fully saturated rings. The standard InChI is InChI=1S/C13H8FNO/c14-11-3-1-2-10(7-11)12-6-9(8-15)4-5-13(12)16/h1-7,16H. The molecule has 0 aromatic heterocycles. The van der Waals surface area contributed by atoms with Gasteiger partial charge in [0.05, 0.1) is 11.6 Å². The van der Waals surface area contributed by atoms with Gasteiger partial charge >= 0.3 is 0 Å². The van der Waals surface area contributed by atoms with Gasteiger partial charge in [0.1, 0.15) is 11.6 Å². The van der Waals surface area contributed by atoms with E-state index in [0.29, 0.717) is 16.7 Å². The van der Waals surface area contributed by atoms with Gasteiger partial charge in [-0.1, -0.05) is 12.1 Å². The van der Waals surface area contributed by atoms with Gasteiger partial charge in [0.15, 0.2) is 0 Å². The highest BCUT2D eigenvalue weighted by Gasteiger charge is 2.06. The van der Waals surface area contributed by atoms with Crippen LogP contribution in [-0.2, 0) is 0 Å². The molecule has 0 saturated heterocycles. The fourth-order valence-electron chi connectivity index (χ4n) is 1.49. The van der Waals surface area contributed by atoms with Crippen LogP contribution in [0.15, 0.2) is 42.5 Å². The number of hydrogen-bond donors (Lipinski definition) is 1. The van der Waals surface area contributed by atoms with Crippen LogP contribution >= 0.6 is 0 Å². The lowest BCUT2D eigenvalue weighted by Gasteiger charge is -2.05. The van der Waals surface area contributed by atoms with Crippen molar-refractivity contribution < 1.29 is 9.50 Å². The average molecular weight is 213 g/mol. The molecule has 0 heterocycles. The lowest BCUT2D eigenvalue weighted by Crippen LogP contribution is -1.83. The number of rotatable bonds is 1. The van der Waals surface area contributed by atoms with E-state index in [4.69, 9.17) is 5.26 Å². The molecule has 0 radical (unpaired) electrons. The third-order valence-corrected chi connectivity index (χ3v) is 2.26. The van der Waals surface area contributed by atoms with Gasteiger partial charge in [-0.3, -0.25) is 0 Å². The molecule has 3 heteroatoms. The van der Waals surface area contributed by atoms with Crippen LogP contribution in [0.3, 0.4) is 0 Å². The Morgan fingerprint density at radius 3 is 2.62 bits per heavy atom. The van der Waals surface area contributed by atoms with Crippen molar-refractivity contribution in [3.8, 4) is 22.9 Å². The molecule has 0 spiro atoms. The molecule has 0 unspecified atom stereocenters. The van der Waals surface area contributed by atoms with E-state index in [9.17, 15) is 9.50 Å². The van der Waals surface area contributed by atoms with E-state index in [1.165, 1.54) is 30.3 Å². The molecule has 0 amide bonds. The molecule has 0 atom stereocenters. The normalized spacial score (nSPS) is 9.75. The summed E-state index contributed by atoms with van der Waals surface area (Å²) >= 11 is 0. The molecule has 0 aliphatic rings. The molecule has 16 heavy (non-hydrogen) atoms. The van der Waals surface area contributed by atoms with Gasteiger partial charge in [0.25, 0.3) is 0 Å². The lowest BCUT2D eigenvalue weighted by atomic mass is 10.0. The summed E-state index contributed by atoms with van der Waals surface area (Å²) in [6.45, 7) is 0. The van der Waals surface area contributed by atoms with Crippen molar-refractivity contribution in [3.63, 3.8) is 0 Å². The van der Waals surface area contributed by atoms with E-state index in [0.717, 1.165) is 0 Å². The molecule has 0 aliphatic heterocycles. The quantitative estimate of drug-likeness (QED) is 0.791. The van der Waals surface area contributed by atoms with Crippen LogP contribution in [-0.4, -0.2) is 5.11 Å². The Balaban J connectivity index is 2.60. The maximum absolute atomic E-state index is 13.0. The number of phenolic OH excluding ortho intramolecular Hbond substituents is 1. The zero-order valence-corrected chi connectivity index (χ0v) is 8.31. The van der Waals surface area contributed by atoms with E-state index in [1.807, 2.05) is 6.07 Å². The van der Waals surface area contributed by atoms with Gasteiger partial charge in [-0.2, -0.15) is 5.26 Å². The summed E-state index contributed by atoms with van der Waals surface area (Å²) in [6.07, 6.45) is 0. The third kappa shape index (κ3) is 1.86. The van der Waals surface area contributed by atoms with Gasteiger partial charge in [0, 0.05) is 5.56 Å². The van der Waals surface area contributed by atoms with Crippen molar-refractivity contribution >= 4 is 0 Å². The summed E-state index contributed by atoms with van der Waals surface area (Å²) in [7, 11) is 0. The van der Waals surface area contributed by atoms with Crippen LogP contribution in [0.5, 0.6) is 5.75 Å². The highest BCUT2D eigenvalue weighted by Crippen LogP contribution is 2.30. The predicted octanol–water partition coefficient (Wildman–Crippen LogP) is 3.07. The summed E-state index contributed by atoms with van der Waals surface area (Å²) in [5.74, 6) is -0.344. The highest BCUT2D eigenvalue weighted by molar-refractivity contribution is 5.71. The van der Waals surface area contributed by atoms with Crippen molar-refractivity contribution in [2.45, 2.75) is 0 Å². The molecule has 0 aliphatic carbocycles. The second-order valence-electron chi connectivity index (χ2n) is 3.35. The van der Waals surface area contributed by atoms with Crippen LogP contribution in [0, 0.1) is 17.1 Å². The highest BCUT2D eigenvalue weighted by atomic mass is 19.1. The number of aromatic hydroxyl groups is 1. The summed E-state index contributed by atoms with van der Waals surface area (Å²) in [6, 6.07) is 12.3. The molecule has 2 aromatic carbocycles. The number of hydrogen-bond acceptors (Lipinski definition) is 2. The van der Waals surface area contributed by atoms with Gasteiger partial charge in [-0.05, 0) is 35.9 Å². The van der Waals surface area contributed by atoms with Crippen LogP contribution in [0.4, 0.5) is 4.39 Å². The number of nitriles is 1. The summed E-state index contributed by atoms with van der Waals surface area (Å²) in [5.41, 5.74) is 1.44. The largest absolute Gasteiger partial charge is 0.507 e. The predicted molar refractivity (Wildman–Crippen MR) is 58.2 cm³/mol. The molecular formula is C13H8FNO. The van der Waals surface area contributed by atoms with E-state index in [-0.39, 0.29) is 11.6 Å². The van der Waals surface area contributed by atoms with Gasteiger partial charge < -0.3 is 5.11 Å². The third-order valence-electron chi connectivity index (χ3n) is 2.26. The van der Waals surface area contributed by atoms with Crippen molar-refractivity contribution in [1.82, 2.24) is 0 Å². The first-order chi connectivity index (χ1) is 7.70. The Bertz CT molecular complexity index is 572. The van der Waals surface area contributed by atoms with Gasteiger partial charge in [-0.15, -0.1) is 0 Å². The second kappa shape index (κ2) is 4.03. The minimum atomic E-state index is -0.376. The first-order valence-corrected chi connectivity index (χ1v) is 4.70. The molecule has 2 rings (SSSR count). The molecule has 0 bridgehead atoms. The van der Waals surface area contributed by atoms with E-state index < -0.39 is 0 Å². The van der Waals surface area contributed by atoms with Crippen molar-refractivity contribution in [2.75, 3.05) is 0 Å². The summed E-state index contributed by atoms with van der Waals surface area (Å²) in [4.78, 5) is 0. The lowest BCUT2D eigenvalue weighted by molar-refractivity contribution is 0.477. The van der Waals surface area contributed by atoms with E-state index in [1.54, 1.807) is 12.1 Å². The maximum Gasteiger partial charge on any atom is 0.123 e. The number of benzene rings is 2. The minimum absolute atomic E-state index is 0.0320. The Kier molecular flexibility index (Phi) is 2.57. The molecule has 2 aromatic rings. The fourth-order valence-corrected chi connectivity index (χ4v) is 1.49. The van der Waals surface area contributed by atoms with E-state index >= 15 is 0 Å². The van der Waals surface area contributed by atoms with Crippen molar-refractivity contribution in [1.29, 1.82) is 5.26 Å². The van der Waals surface area contributed by atoms with Crippen LogP contribution in [0.25, 0.3) is 11.1 Å². The molecule has 0 saturated carbocycles. The molecule has 2 nitrogen and oxygen atoms in total. The summed E-state index contributed by atoms with van der Waals surface area (Å²) in [5, 5.41) is 18.4. The molecule has 1 N–H and O–H groups in total. The Morgan fingerprint density at radius 1 is 1.12 bits per heavy atom. The first kappa shape index (κ1) is 10.2. The van der Waals surface area contributed by atoms with Crippen LogP contribution in [0.1, 0.15) is 5.56 Å². The molecular weight excluding hydrogens is 205 g/mol. The zero-order valence-electron chi connectivity index (χ0n) is 8.31. The second-order valence-corrected chi connectivity index (χ2v) is 3.35. The van der Waals surface area contributed by atoms with Gasteiger partial charge in [0.2, 0.25) is 0 Å². The van der Waals surface area contributed by atoms with Crippen molar-refractivity contribution in [3.05, 3.63) is 53.8 Å². The van der Waals surface area contributed by atoms with E-state index in [2.05, 4.69) is 0 Å². The average Bonchev–Trinajstić information content (AvgIpc) is 2.30. The van der Waals surface area contributed by atoms with Gasteiger partial charge in [-0.25, -0.2) is 4.39 Å². The van der Waals surface area contributed by atoms with Crippen LogP contribution in [0.2, 0.25) is 0 Å². The Labute approximate surface area is 92.2 Å². The summed E-state index contributed by atoms with van der Waals surface area (Å²) < 4.78 is 13.0. The Hall–Kier alpha value is -2.34. The SMILES string of the molecule is N#Cc1ccc(O)c(-c2cccc(F)c2)c1.